The van der Waals surface area contributed by atoms with Crippen LogP contribution in [0.5, 0.6) is 0 Å². The molecule has 0 heterocycles. The van der Waals surface area contributed by atoms with Crippen molar-refractivity contribution < 1.29 is 4.39 Å². The fourth-order valence-corrected chi connectivity index (χ4v) is 2.98. The van der Waals surface area contributed by atoms with Gasteiger partial charge in [-0.2, -0.15) is 0 Å². The maximum absolute atomic E-state index is 13.7. The first-order chi connectivity index (χ1) is 7.77. The van der Waals surface area contributed by atoms with Crippen molar-refractivity contribution in [1.29, 1.82) is 0 Å². The first-order valence-electron chi connectivity index (χ1n) is 6.20. The Balaban J connectivity index is 1.91. The fraction of sp³-hybridized carbons (Fsp3) is 0.571. The molecule has 2 heteroatoms. The predicted octanol–water partition coefficient (Wildman–Crippen LogP) is 5.10. The minimum absolute atomic E-state index is 0.0710. The quantitative estimate of drug-likeness (QED) is 0.724. The average Bonchev–Trinajstić information content (AvgIpc) is 2.32. The third-order valence-electron chi connectivity index (χ3n) is 3.58. The van der Waals surface area contributed by atoms with E-state index in [1.165, 1.54) is 32.1 Å². The van der Waals surface area contributed by atoms with Crippen LogP contribution in [0.1, 0.15) is 44.1 Å². The highest BCUT2D eigenvalue weighted by Gasteiger charge is 2.14. The zero-order valence-corrected chi connectivity index (χ0v) is 11.1. The lowest BCUT2D eigenvalue weighted by Gasteiger charge is -2.21. The Kier molecular flexibility index (Phi) is 4.39. The molecule has 0 saturated heterocycles. The normalized spacial score (nSPS) is 17.6. The molecule has 0 bridgehead atoms. The molecule has 1 fully saturated rings. The fourth-order valence-electron chi connectivity index (χ4n) is 2.58. The summed E-state index contributed by atoms with van der Waals surface area (Å²) >= 11 is 3.24. The van der Waals surface area contributed by atoms with Gasteiger partial charge in [0, 0.05) is 0 Å². The van der Waals surface area contributed by atoms with E-state index in [9.17, 15) is 4.39 Å². The van der Waals surface area contributed by atoms with Crippen LogP contribution in [0.4, 0.5) is 4.39 Å². The Hall–Kier alpha value is -0.370. The van der Waals surface area contributed by atoms with Crippen LogP contribution in [-0.4, -0.2) is 0 Å². The minimum atomic E-state index is -0.0710. The van der Waals surface area contributed by atoms with Gasteiger partial charge < -0.3 is 0 Å². The van der Waals surface area contributed by atoms with Crippen molar-refractivity contribution in [3.8, 4) is 0 Å². The first-order valence-corrected chi connectivity index (χ1v) is 6.99. The molecule has 16 heavy (non-hydrogen) atoms. The van der Waals surface area contributed by atoms with Gasteiger partial charge in [-0.25, -0.2) is 4.39 Å². The van der Waals surface area contributed by atoms with Crippen molar-refractivity contribution in [3.05, 3.63) is 34.1 Å². The lowest BCUT2D eigenvalue weighted by molar-refractivity contribution is 0.338. The molecule has 1 aliphatic carbocycles. The summed E-state index contributed by atoms with van der Waals surface area (Å²) in [4.78, 5) is 0. The molecule has 1 aromatic rings. The van der Waals surface area contributed by atoms with Crippen molar-refractivity contribution in [2.75, 3.05) is 0 Å². The molecule has 0 N–H and O–H groups in total. The van der Waals surface area contributed by atoms with Gasteiger partial charge in [0.1, 0.15) is 5.82 Å². The highest BCUT2D eigenvalue weighted by atomic mass is 79.9. The third kappa shape index (κ3) is 3.07. The van der Waals surface area contributed by atoms with Crippen LogP contribution in [0.3, 0.4) is 0 Å². The van der Waals surface area contributed by atoms with Crippen molar-refractivity contribution >= 4 is 15.9 Å². The molecular formula is C14H18BrF. The second-order valence-electron chi connectivity index (χ2n) is 4.76. The van der Waals surface area contributed by atoms with E-state index < -0.39 is 0 Å². The van der Waals surface area contributed by atoms with Crippen LogP contribution in [0.25, 0.3) is 0 Å². The van der Waals surface area contributed by atoms with Crippen molar-refractivity contribution in [2.24, 2.45) is 5.92 Å². The number of aryl methyl sites for hydroxylation is 1. The van der Waals surface area contributed by atoms with Gasteiger partial charge in [0.15, 0.2) is 0 Å². The minimum Gasteiger partial charge on any atom is -0.205 e. The standard InChI is InChI=1S/C14H18BrF/c15-13-8-4-7-12(14(13)16)10-9-11-5-2-1-3-6-11/h4,7-8,11H,1-3,5-6,9-10H2. The highest BCUT2D eigenvalue weighted by Crippen LogP contribution is 2.28. The van der Waals surface area contributed by atoms with E-state index in [-0.39, 0.29) is 5.82 Å². The lowest BCUT2D eigenvalue weighted by Crippen LogP contribution is -2.07. The van der Waals surface area contributed by atoms with Gasteiger partial charge >= 0.3 is 0 Å². The molecule has 0 radical (unpaired) electrons. The van der Waals surface area contributed by atoms with Gasteiger partial charge in [-0.1, -0.05) is 44.2 Å². The summed E-state index contributed by atoms with van der Waals surface area (Å²) < 4.78 is 14.3. The molecule has 88 valence electrons. The maximum atomic E-state index is 13.7. The molecule has 0 aliphatic heterocycles. The lowest BCUT2D eigenvalue weighted by atomic mass is 9.85. The number of hydrogen-bond donors (Lipinski definition) is 0. The van der Waals surface area contributed by atoms with Crippen LogP contribution in [0.15, 0.2) is 22.7 Å². The van der Waals surface area contributed by atoms with E-state index in [2.05, 4.69) is 15.9 Å². The second-order valence-corrected chi connectivity index (χ2v) is 5.61. The molecular weight excluding hydrogens is 267 g/mol. The van der Waals surface area contributed by atoms with Crippen LogP contribution in [-0.2, 0) is 6.42 Å². The van der Waals surface area contributed by atoms with E-state index in [0.717, 1.165) is 24.3 Å². The largest absolute Gasteiger partial charge is 0.205 e. The van der Waals surface area contributed by atoms with Crippen molar-refractivity contribution in [3.63, 3.8) is 0 Å². The molecule has 0 spiro atoms. The van der Waals surface area contributed by atoms with E-state index in [1.807, 2.05) is 12.1 Å². The molecule has 0 aromatic heterocycles. The zero-order chi connectivity index (χ0) is 11.4. The summed E-state index contributed by atoms with van der Waals surface area (Å²) in [6.45, 7) is 0. The highest BCUT2D eigenvalue weighted by molar-refractivity contribution is 9.10. The average molecular weight is 285 g/mol. The molecule has 1 saturated carbocycles. The van der Waals surface area contributed by atoms with Gasteiger partial charge in [-0.15, -0.1) is 0 Å². The van der Waals surface area contributed by atoms with Crippen LogP contribution < -0.4 is 0 Å². The van der Waals surface area contributed by atoms with Crippen LogP contribution >= 0.6 is 15.9 Å². The van der Waals surface area contributed by atoms with Crippen LogP contribution in [0, 0.1) is 11.7 Å². The SMILES string of the molecule is Fc1c(Br)cccc1CCC1CCCCC1. The molecule has 0 nitrogen and oxygen atoms in total. The summed E-state index contributed by atoms with van der Waals surface area (Å²) in [7, 11) is 0. The molecule has 1 aromatic carbocycles. The van der Waals surface area contributed by atoms with E-state index >= 15 is 0 Å². The molecule has 0 unspecified atom stereocenters. The summed E-state index contributed by atoms with van der Waals surface area (Å²) in [6.07, 6.45) is 8.84. The molecule has 1 aliphatic rings. The Labute approximate surface area is 105 Å². The Morgan fingerprint density at radius 1 is 1.19 bits per heavy atom. The van der Waals surface area contributed by atoms with E-state index in [4.69, 9.17) is 0 Å². The summed E-state index contributed by atoms with van der Waals surface area (Å²) in [5.41, 5.74) is 0.861. The van der Waals surface area contributed by atoms with Crippen molar-refractivity contribution in [1.82, 2.24) is 0 Å². The zero-order valence-electron chi connectivity index (χ0n) is 9.52. The van der Waals surface area contributed by atoms with Gasteiger partial charge in [0.25, 0.3) is 0 Å². The monoisotopic (exact) mass is 284 g/mol. The number of rotatable bonds is 3. The Bertz CT molecular complexity index is 343. The van der Waals surface area contributed by atoms with E-state index in [1.54, 1.807) is 6.07 Å². The summed E-state index contributed by atoms with van der Waals surface area (Å²) in [5, 5.41) is 0. The Morgan fingerprint density at radius 2 is 1.94 bits per heavy atom. The van der Waals surface area contributed by atoms with Gasteiger partial charge in [0.05, 0.1) is 4.47 Å². The first kappa shape index (κ1) is 12.1. The smallest absolute Gasteiger partial charge is 0.140 e. The Morgan fingerprint density at radius 3 is 2.69 bits per heavy atom. The molecule has 0 atom stereocenters. The van der Waals surface area contributed by atoms with E-state index in [0.29, 0.717) is 4.47 Å². The summed E-state index contributed by atoms with van der Waals surface area (Å²) in [6, 6.07) is 5.59. The van der Waals surface area contributed by atoms with Crippen LogP contribution in [0.2, 0.25) is 0 Å². The van der Waals surface area contributed by atoms with Gasteiger partial charge in [0.2, 0.25) is 0 Å². The number of hydrogen-bond acceptors (Lipinski definition) is 0. The third-order valence-corrected chi connectivity index (χ3v) is 4.19. The van der Waals surface area contributed by atoms with Crippen molar-refractivity contribution in [2.45, 2.75) is 44.9 Å². The van der Waals surface area contributed by atoms with Gasteiger partial charge in [-0.3, -0.25) is 0 Å². The predicted molar refractivity (Wildman–Crippen MR) is 69.0 cm³/mol. The number of benzene rings is 1. The second kappa shape index (κ2) is 5.81. The molecule has 2 rings (SSSR count). The molecule has 0 amide bonds. The summed E-state index contributed by atoms with van der Waals surface area (Å²) in [5.74, 6) is 0.755. The number of halogens is 2. The maximum Gasteiger partial charge on any atom is 0.140 e. The topological polar surface area (TPSA) is 0 Å². The van der Waals surface area contributed by atoms with Gasteiger partial charge in [-0.05, 0) is 46.3 Å².